The molecule has 0 saturated heterocycles. The number of allylic oxidation sites excluding steroid dienone is 3. The third kappa shape index (κ3) is 3.86. The molecule has 1 atom stereocenters. The van der Waals surface area contributed by atoms with Crippen LogP contribution < -0.4 is 0 Å². The van der Waals surface area contributed by atoms with E-state index >= 15 is 0 Å². The number of aliphatic hydroxyl groups excluding tert-OH is 1. The first-order valence-electron chi connectivity index (χ1n) is 5.93. The molecule has 96 valence electrons. The van der Waals surface area contributed by atoms with Crippen LogP contribution in [0.3, 0.4) is 0 Å². The van der Waals surface area contributed by atoms with E-state index in [2.05, 4.69) is 0 Å². The maximum Gasteiger partial charge on any atom is 0.337 e. The van der Waals surface area contributed by atoms with Crippen molar-refractivity contribution in [3.05, 3.63) is 59.7 Å². The number of esters is 1. The summed E-state index contributed by atoms with van der Waals surface area (Å²) in [6, 6.07) is 9.03. The van der Waals surface area contributed by atoms with E-state index in [4.69, 9.17) is 4.74 Å². The van der Waals surface area contributed by atoms with Crippen molar-refractivity contribution >= 4 is 5.97 Å². The van der Waals surface area contributed by atoms with E-state index in [1.54, 1.807) is 37.3 Å². The SMILES string of the molecule is C/C=C/C=C(/C(=O)OCC)C(O)c1ccccc1. The van der Waals surface area contributed by atoms with Crippen molar-refractivity contribution in [3.8, 4) is 0 Å². The third-order valence-electron chi connectivity index (χ3n) is 2.39. The minimum Gasteiger partial charge on any atom is -0.463 e. The highest BCUT2D eigenvalue weighted by molar-refractivity contribution is 5.90. The number of benzene rings is 1. The Kier molecular flexibility index (Phi) is 5.88. The Morgan fingerprint density at radius 3 is 2.61 bits per heavy atom. The molecule has 0 amide bonds. The first-order valence-corrected chi connectivity index (χ1v) is 5.93. The number of carbonyl (C=O) groups excluding carboxylic acids is 1. The fraction of sp³-hybridized carbons (Fsp3) is 0.267. The van der Waals surface area contributed by atoms with Gasteiger partial charge in [0.05, 0.1) is 12.2 Å². The lowest BCUT2D eigenvalue weighted by atomic mass is 10.0. The Bertz CT molecular complexity index is 432. The molecule has 3 nitrogen and oxygen atoms in total. The second-order valence-corrected chi connectivity index (χ2v) is 3.68. The summed E-state index contributed by atoms with van der Waals surface area (Å²) in [6.07, 6.45) is 4.10. The average molecular weight is 246 g/mol. The smallest absolute Gasteiger partial charge is 0.337 e. The van der Waals surface area contributed by atoms with Gasteiger partial charge in [-0.2, -0.15) is 0 Å². The number of carbonyl (C=O) groups is 1. The molecule has 0 bridgehead atoms. The van der Waals surface area contributed by atoms with Crippen LogP contribution in [0.2, 0.25) is 0 Å². The van der Waals surface area contributed by atoms with Gasteiger partial charge in [-0.25, -0.2) is 4.79 Å². The van der Waals surface area contributed by atoms with Gasteiger partial charge in [0.1, 0.15) is 6.10 Å². The van der Waals surface area contributed by atoms with Crippen molar-refractivity contribution in [2.24, 2.45) is 0 Å². The molecule has 0 saturated carbocycles. The van der Waals surface area contributed by atoms with Crippen molar-refractivity contribution < 1.29 is 14.6 Å². The highest BCUT2D eigenvalue weighted by atomic mass is 16.5. The van der Waals surface area contributed by atoms with Gasteiger partial charge < -0.3 is 9.84 Å². The van der Waals surface area contributed by atoms with E-state index in [1.165, 1.54) is 0 Å². The Labute approximate surface area is 107 Å². The molecule has 1 unspecified atom stereocenters. The molecule has 0 fully saturated rings. The van der Waals surface area contributed by atoms with Crippen molar-refractivity contribution in [1.82, 2.24) is 0 Å². The van der Waals surface area contributed by atoms with Gasteiger partial charge in [0, 0.05) is 0 Å². The highest BCUT2D eigenvalue weighted by Gasteiger charge is 2.20. The molecular formula is C15H18O3. The summed E-state index contributed by atoms with van der Waals surface area (Å²) in [7, 11) is 0. The van der Waals surface area contributed by atoms with Gasteiger partial charge in [0.15, 0.2) is 0 Å². The van der Waals surface area contributed by atoms with Gasteiger partial charge in [0.25, 0.3) is 0 Å². The van der Waals surface area contributed by atoms with Gasteiger partial charge >= 0.3 is 5.97 Å². The first-order chi connectivity index (χ1) is 8.70. The van der Waals surface area contributed by atoms with Gasteiger partial charge in [-0.15, -0.1) is 0 Å². The molecule has 3 heteroatoms. The molecule has 1 N–H and O–H groups in total. The summed E-state index contributed by atoms with van der Waals surface area (Å²) in [6.45, 7) is 3.86. The van der Waals surface area contributed by atoms with Gasteiger partial charge in [-0.1, -0.05) is 42.5 Å². The summed E-state index contributed by atoms with van der Waals surface area (Å²) in [5, 5.41) is 10.2. The topological polar surface area (TPSA) is 46.5 Å². The van der Waals surface area contributed by atoms with Gasteiger partial charge in [-0.05, 0) is 25.5 Å². The lowest BCUT2D eigenvalue weighted by Crippen LogP contribution is -2.14. The highest BCUT2D eigenvalue weighted by Crippen LogP contribution is 2.22. The standard InChI is InChI=1S/C15H18O3/c1-3-5-11-13(15(17)18-4-2)14(16)12-9-7-6-8-10-12/h3,5-11,14,16H,4H2,1-2H3/b5-3+,13-11+. The van der Waals surface area contributed by atoms with Crippen LogP contribution in [-0.4, -0.2) is 17.7 Å². The lowest BCUT2D eigenvalue weighted by molar-refractivity contribution is -0.139. The molecule has 0 aliphatic rings. The van der Waals surface area contributed by atoms with Crippen molar-refractivity contribution in [3.63, 3.8) is 0 Å². The zero-order valence-corrected chi connectivity index (χ0v) is 10.7. The summed E-state index contributed by atoms with van der Waals surface area (Å²) in [4.78, 5) is 11.8. The molecule has 0 radical (unpaired) electrons. The van der Waals surface area contributed by atoms with Crippen LogP contribution in [0.4, 0.5) is 0 Å². The monoisotopic (exact) mass is 246 g/mol. The van der Waals surface area contributed by atoms with Crippen LogP contribution in [0, 0.1) is 0 Å². The molecule has 0 aromatic heterocycles. The quantitative estimate of drug-likeness (QED) is 0.493. The van der Waals surface area contributed by atoms with Gasteiger partial charge in [0.2, 0.25) is 0 Å². The molecule has 1 aromatic rings. The largest absolute Gasteiger partial charge is 0.463 e. The molecule has 0 spiro atoms. The van der Waals surface area contributed by atoms with Crippen molar-refractivity contribution in [2.75, 3.05) is 6.61 Å². The van der Waals surface area contributed by atoms with E-state index in [0.29, 0.717) is 5.56 Å². The number of aliphatic hydroxyl groups is 1. The summed E-state index contributed by atoms with van der Waals surface area (Å²) < 4.78 is 4.94. The minimum absolute atomic E-state index is 0.237. The molecule has 1 aromatic carbocycles. The van der Waals surface area contributed by atoms with E-state index in [1.807, 2.05) is 25.1 Å². The number of hydrogen-bond acceptors (Lipinski definition) is 3. The van der Waals surface area contributed by atoms with E-state index in [9.17, 15) is 9.90 Å². The molecule has 0 aliphatic heterocycles. The summed E-state index contributed by atoms with van der Waals surface area (Å²) >= 11 is 0. The third-order valence-corrected chi connectivity index (χ3v) is 2.39. The Morgan fingerprint density at radius 2 is 2.06 bits per heavy atom. The van der Waals surface area contributed by atoms with Crippen LogP contribution >= 0.6 is 0 Å². The second-order valence-electron chi connectivity index (χ2n) is 3.68. The average Bonchev–Trinajstić information content (AvgIpc) is 2.40. The Morgan fingerprint density at radius 1 is 1.39 bits per heavy atom. The zero-order chi connectivity index (χ0) is 13.4. The summed E-state index contributed by atoms with van der Waals surface area (Å²) in [5.41, 5.74) is 0.905. The van der Waals surface area contributed by atoms with Crippen molar-refractivity contribution in [2.45, 2.75) is 20.0 Å². The Balaban J connectivity index is 3.00. The maximum atomic E-state index is 11.8. The summed E-state index contributed by atoms with van der Waals surface area (Å²) in [5.74, 6) is -0.494. The maximum absolute atomic E-state index is 11.8. The van der Waals surface area contributed by atoms with E-state index < -0.39 is 12.1 Å². The predicted octanol–water partition coefficient (Wildman–Crippen LogP) is 2.79. The van der Waals surface area contributed by atoms with Crippen LogP contribution in [0.5, 0.6) is 0 Å². The van der Waals surface area contributed by atoms with E-state index in [0.717, 1.165) is 0 Å². The molecule has 18 heavy (non-hydrogen) atoms. The normalized spacial score (nSPS) is 13.6. The van der Waals surface area contributed by atoms with Crippen molar-refractivity contribution in [1.29, 1.82) is 0 Å². The number of rotatable bonds is 5. The first kappa shape index (κ1) is 14.2. The van der Waals surface area contributed by atoms with Gasteiger partial charge in [-0.3, -0.25) is 0 Å². The van der Waals surface area contributed by atoms with Crippen LogP contribution in [0.25, 0.3) is 0 Å². The molecule has 0 aliphatic carbocycles. The van der Waals surface area contributed by atoms with Crippen LogP contribution in [0.15, 0.2) is 54.1 Å². The number of ether oxygens (including phenoxy) is 1. The second kappa shape index (κ2) is 7.45. The fourth-order valence-electron chi connectivity index (χ4n) is 1.50. The van der Waals surface area contributed by atoms with Crippen LogP contribution in [0.1, 0.15) is 25.5 Å². The fourth-order valence-corrected chi connectivity index (χ4v) is 1.50. The Hall–Kier alpha value is -1.87. The zero-order valence-electron chi connectivity index (χ0n) is 10.7. The minimum atomic E-state index is -0.971. The predicted molar refractivity (Wildman–Crippen MR) is 70.9 cm³/mol. The lowest BCUT2D eigenvalue weighted by Gasteiger charge is -2.13. The van der Waals surface area contributed by atoms with Crippen LogP contribution in [-0.2, 0) is 9.53 Å². The number of hydrogen-bond donors (Lipinski definition) is 1. The molecule has 0 heterocycles. The molecular weight excluding hydrogens is 228 g/mol. The van der Waals surface area contributed by atoms with E-state index in [-0.39, 0.29) is 12.2 Å². The molecule has 1 rings (SSSR count).